The van der Waals surface area contributed by atoms with Gasteiger partial charge in [0.15, 0.2) is 0 Å². The van der Waals surface area contributed by atoms with E-state index in [1.54, 1.807) is 7.05 Å². The number of hydrogen-bond acceptors (Lipinski definition) is 3. The third-order valence-electron chi connectivity index (χ3n) is 1.71. The molecule has 0 aliphatic rings. The maximum Gasteiger partial charge on any atom is 0.132 e. The van der Waals surface area contributed by atoms with Crippen LogP contribution in [0.1, 0.15) is 0 Å². The van der Waals surface area contributed by atoms with Crippen molar-refractivity contribution in [3.63, 3.8) is 0 Å². The van der Waals surface area contributed by atoms with Crippen LogP contribution in [0.15, 0.2) is 24.3 Å². The van der Waals surface area contributed by atoms with Gasteiger partial charge in [0.1, 0.15) is 18.5 Å². The van der Waals surface area contributed by atoms with Crippen molar-refractivity contribution in [1.29, 1.82) is 0 Å². The minimum Gasteiger partial charge on any atom is -0.490 e. The molecule has 1 aromatic rings. The molecule has 14 heavy (non-hydrogen) atoms. The van der Waals surface area contributed by atoms with E-state index >= 15 is 0 Å². The lowest BCUT2D eigenvalue weighted by Crippen LogP contribution is -2.29. The Bertz CT molecular complexity index is 281. The largest absolute Gasteiger partial charge is 0.490 e. The Balaban J connectivity index is 2.41. The first-order valence-electron chi connectivity index (χ1n) is 4.44. The Labute approximate surface area is 97.6 Å². The average molecular weight is 307 g/mol. The van der Waals surface area contributed by atoms with Gasteiger partial charge < -0.3 is 15.2 Å². The second kappa shape index (κ2) is 6.21. The summed E-state index contributed by atoms with van der Waals surface area (Å²) >= 11 is 2.21. The summed E-state index contributed by atoms with van der Waals surface area (Å²) in [5, 5.41) is 12.3. The highest BCUT2D eigenvalue weighted by atomic mass is 127. The average Bonchev–Trinajstić information content (AvgIpc) is 2.17. The van der Waals surface area contributed by atoms with Gasteiger partial charge in [0.2, 0.25) is 0 Å². The molecule has 78 valence electrons. The molecule has 2 N–H and O–H groups in total. The van der Waals surface area contributed by atoms with Crippen LogP contribution in [0.4, 0.5) is 0 Å². The quantitative estimate of drug-likeness (QED) is 0.805. The van der Waals surface area contributed by atoms with Gasteiger partial charge in [-0.25, -0.2) is 0 Å². The topological polar surface area (TPSA) is 41.5 Å². The highest BCUT2D eigenvalue weighted by Gasteiger charge is 2.04. The Kier molecular flexibility index (Phi) is 5.21. The van der Waals surface area contributed by atoms with Crippen LogP contribution in [0.2, 0.25) is 0 Å². The molecule has 0 saturated carbocycles. The SMILES string of the molecule is CNCC(O)COc1ccccc1I. The number of rotatable bonds is 5. The summed E-state index contributed by atoms with van der Waals surface area (Å²) in [4.78, 5) is 0. The number of likely N-dealkylation sites (N-methyl/N-ethyl adjacent to an activating group) is 1. The molecule has 0 aromatic heterocycles. The van der Waals surface area contributed by atoms with Crippen LogP contribution in [-0.2, 0) is 0 Å². The van der Waals surface area contributed by atoms with E-state index < -0.39 is 6.10 Å². The van der Waals surface area contributed by atoms with Crippen LogP contribution in [0.3, 0.4) is 0 Å². The molecular weight excluding hydrogens is 293 g/mol. The smallest absolute Gasteiger partial charge is 0.132 e. The standard InChI is InChI=1S/C10H14INO2/c1-12-6-8(13)7-14-10-5-3-2-4-9(10)11/h2-5,8,12-13H,6-7H2,1H3. The van der Waals surface area contributed by atoms with Crippen LogP contribution < -0.4 is 10.1 Å². The van der Waals surface area contributed by atoms with E-state index in [0.717, 1.165) is 9.32 Å². The fourth-order valence-corrected chi connectivity index (χ4v) is 1.59. The Morgan fingerprint density at radius 3 is 2.86 bits per heavy atom. The number of para-hydroxylation sites is 1. The van der Waals surface area contributed by atoms with E-state index in [2.05, 4.69) is 27.9 Å². The maximum atomic E-state index is 9.41. The summed E-state index contributed by atoms with van der Waals surface area (Å²) in [6.45, 7) is 0.865. The van der Waals surface area contributed by atoms with Crippen LogP contribution in [-0.4, -0.2) is 31.4 Å². The van der Waals surface area contributed by atoms with Gasteiger partial charge in [-0.3, -0.25) is 0 Å². The van der Waals surface area contributed by atoms with E-state index in [-0.39, 0.29) is 0 Å². The lowest BCUT2D eigenvalue weighted by molar-refractivity contribution is 0.108. The summed E-state index contributed by atoms with van der Waals surface area (Å²) < 4.78 is 6.51. The zero-order chi connectivity index (χ0) is 10.4. The molecule has 0 bridgehead atoms. The highest BCUT2D eigenvalue weighted by Crippen LogP contribution is 2.19. The minimum atomic E-state index is -0.462. The molecule has 4 heteroatoms. The molecule has 1 unspecified atom stereocenters. The van der Waals surface area contributed by atoms with E-state index in [9.17, 15) is 5.11 Å². The molecule has 0 fully saturated rings. The van der Waals surface area contributed by atoms with Crippen molar-refractivity contribution in [2.24, 2.45) is 0 Å². The van der Waals surface area contributed by atoms with E-state index in [4.69, 9.17) is 4.74 Å². The van der Waals surface area contributed by atoms with Crippen molar-refractivity contribution in [3.8, 4) is 5.75 Å². The van der Waals surface area contributed by atoms with Crippen molar-refractivity contribution in [2.75, 3.05) is 20.2 Å². The van der Waals surface area contributed by atoms with Gasteiger partial charge in [-0.1, -0.05) is 12.1 Å². The zero-order valence-electron chi connectivity index (χ0n) is 8.03. The maximum absolute atomic E-state index is 9.41. The predicted molar refractivity (Wildman–Crippen MR) is 64.6 cm³/mol. The predicted octanol–water partition coefficient (Wildman–Crippen LogP) is 1.25. The van der Waals surface area contributed by atoms with E-state index in [0.29, 0.717) is 13.2 Å². The first-order chi connectivity index (χ1) is 6.74. The second-order valence-electron chi connectivity index (χ2n) is 2.95. The number of aliphatic hydroxyl groups is 1. The summed E-state index contributed by atoms with van der Waals surface area (Å²) in [6.07, 6.45) is -0.462. The number of benzene rings is 1. The first-order valence-corrected chi connectivity index (χ1v) is 5.52. The molecular formula is C10H14INO2. The van der Waals surface area contributed by atoms with Crippen molar-refractivity contribution < 1.29 is 9.84 Å². The number of hydrogen-bond donors (Lipinski definition) is 2. The normalized spacial score (nSPS) is 12.5. The van der Waals surface area contributed by atoms with Gasteiger partial charge in [-0.2, -0.15) is 0 Å². The van der Waals surface area contributed by atoms with Crippen LogP contribution in [0, 0.1) is 3.57 Å². The van der Waals surface area contributed by atoms with Gasteiger partial charge in [-0.15, -0.1) is 0 Å². The molecule has 0 heterocycles. The number of ether oxygens (including phenoxy) is 1. The third-order valence-corrected chi connectivity index (χ3v) is 2.60. The summed E-state index contributed by atoms with van der Waals surface area (Å²) in [5.41, 5.74) is 0. The van der Waals surface area contributed by atoms with Crippen LogP contribution >= 0.6 is 22.6 Å². The van der Waals surface area contributed by atoms with Crippen molar-refractivity contribution in [2.45, 2.75) is 6.10 Å². The van der Waals surface area contributed by atoms with Crippen molar-refractivity contribution >= 4 is 22.6 Å². The Morgan fingerprint density at radius 2 is 2.21 bits per heavy atom. The molecule has 1 rings (SSSR count). The molecule has 3 nitrogen and oxygen atoms in total. The molecule has 1 atom stereocenters. The fourth-order valence-electron chi connectivity index (χ4n) is 1.04. The molecule has 0 radical (unpaired) electrons. The van der Waals surface area contributed by atoms with Gasteiger partial charge in [-0.05, 0) is 41.8 Å². The van der Waals surface area contributed by atoms with Crippen molar-refractivity contribution in [1.82, 2.24) is 5.32 Å². The molecule has 0 amide bonds. The molecule has 0 saturated heterocycles. The lowest BCUT2D eigenvalue weighted by Gasteiger charge is -2.12. The Hall–Kier alpha value is -0.330. The minimum absolute atomic E-state index is 0.320. The third kappa shape index (κ3) is 3.81. The number of nitrogens with one attached hydrogen (secondary N) is 1. The molecule has 0 aliphatic carbocycles. The van der Waals surface area contributed by atoms with Crippen LogP contribution in [0.25, 0.3) is 0 Å². The Morgan fingerprint density at radius 1 is 1.50 bits per heavy atom. The number of halogens is 1. The van der Waals surface area contributed by atoms with Crippen molar-refractivity contribution in [3.05, 3.63) is 27.8 Å². The van der Waals surface area contributed by atoms with Gasteiger partial charge >= 0.3 is 0 Å². The first kappa shape index (κ1) is 11.7. The monoisotopic (exact) mass is 307 g/mol. The lowest BCUT2D eigenvalue weighted by atomic mass is 10.3. The second-order valence-corrected chi connectivity index (χ2v) is 4.12. The van der Waals surface area contributed by atoms with Gasteiger partial charge in [0.05, 0.1) is 3.57 Å². The zero-order valence-corrected chi connectivity index (χ0v) is 10.2. The summed E-state index contributed by atoms with van der Waals surface area (Å²) in [7, 11) is 1.80. The van der Waals surface area contributed by atoms with E-state index in [1.165, 1.54) is 0 Å². The molecule has 0 aliphatic heterocycles. The number of aliphatic hydroxyl groups excluding tert-OH is 1. The van der Waals surface area contributed by atoms with Crippen LogP contribution in [0.5, 0.6) is 5.75 Å². The highest BCUT2D eigenvalue weighted by molar-refractivity contribution is 14.1. The molecule has 1 aromatic carbocycles. The van der Waals surface area contributed by atoms with Gasteiger partial charge in [0.25, 0.3) is 0 Å². The molecule has 0 spiro atoms. The van der Waals surface area contributed by atoms with Gasteiger partial charge in [0, 0.05) is 6.54 Å². The fraction of sp³-hybridized carbons (Fsp3) is 0.400. The summed E-state index contributed by atoms with van der Waals surface area (Å²) in [6, 6.07) is 7.74. The van der Waals surface area contributed by atoms with E-state index in [1.807, 2.05) is 24.3 Å². The summed E-state index contributed by atoms with van der Waals surface area (Å²) in [5.74, 6) is 0.822.